The summed E-state index contributed by atoms with van der Waals surface area (Å²) in [6.45, 7) is 0.985. The molecule has 1 aliphatic rings. The predicted molar refractivity (Wildman–Crippen MR) is 63.4 cm³/mol. The van der Waals surface area contributed by atoms with Crippen molar-refractivity contribution in [2.75, 3.05) is 13.6 Å². The van der Waals surface area contributed by atoms with Gasteiger partial charge in [0.1, 0.15) is 5.82 Å². The van der Waals surface area contributed by atoms with Crippen molar-refractivity contribution in [1.29, 1.82) is 0 Å². The molecule has 0 atom stereocenters. The van der Waals surface area contributed by atoms with Crippen LogP contribution in [0.15, 0.2) is 22.7 Å². The second-order valence-corrected chi connectivity index (χ2v) is 5.36. The van der Waals surface area contributed by atoms with Crippen molar-refractivity contribution in [3.8, 4) is 0 Å². The van der Waals surface area contributed by atoms with Crippen molar-refractivity contribution in [2.45, 2.75) is 19.3 Å². The average molecular weight is 272 g/mol. The Kier molecular flexibility index (Phi) is 3.12. The Balaban J connectivity index is 2.13. The van der Waals surface area contributed by atoms with E-state index < -0.39 is 0 Å². The van der Waals surface area contributed by atoms with Gasteiger partial charge >= 0.3 is 0 Å². The van der Waals surface area contributed by atoms with Gasteiger partial charge in [-0.3, -0.25) is 0 Å². The molecule has 0 bridgehead atoms. The predicted octanol–water partition coefficient (Wildman–Crippen LogP) is 3.13. The standard InChI is InChI=1S/C12H15BrFN/c1-15-8-12(4-5-12)7-9-6-10(13)2-3-11(9)14/h2-3,6,15H,4-5,7-8H2,1H3. The fourth-order valence-electron chi connectivity index (χ4n) is 2.05. The van der Waals surface area contributed by atoms with Crippen LogP contribution in [0, 0.1) is 11.2 Å². The molecular weight excluding hydrogens is 257 g/mol. The van der Waals surface area contributed by atoms with Crippen LogP contribution in [0.3, 0.4) is 0 Å². The molecule has 0 heterocycles. The third kappa shape index (κ3) is 2.58. The Morgan fingerprint density at radius 3 is 2.80 bits per heavy atom. The molecule has 0 radical (unpaired) electrons. The van der Waals surface area contributed by atoms with Gasteiger partial charge < -0.3 is 5.32 Å². The number of benzene rings is 1. The summed E-state index contributed by atoms with van der Waals surface area (Å²) >= 11 is 3.38. The van der Waals surface area contributed by atoms with Crippen LogP contribution in [0.5, 0.6) is 0 Å². The number of nitrogens with one attached hydrogen (secondary N) is 1. The number of rotatable bonds is 4. The summed E-state index contributed by atoms with van der Waals surface area (Å²) in [6.07, 6.45) is 3.26. The highest BCUT2D eigenvalue weighted by molar-refractivity contribution is 9.10. The van der Waals surface area contributed by atoms with E-state index in [0.29, 0.717) is 5.41 Å². The zero-order valence-electron chi connectivity index (χ0n) is 8.82. The summed E-state index contributed by atoms with van der Waals surface area (Å²) in [7, 11) is 1.96. The summed E-state index contributed by atoms with van der Waals surface area (Å²) in [5.41, 5.74) is 1.15. The van der Waals surface area contributed by atoms with Gasteiger partial charge in [0.25, 0.3) is 0 Å². The first-order valence-electron chi connectivity index (χ1n) is 5.24. The molecule has 15 heavy (non-hydrogen) atoms. The zero-order chi connectivity index (χ0) is 10.9. The topological polar surface area (TPSA) is 12.0 Å². The Morgan fingerprint density at radius 2 is 2.20 bits per heavy atom. The molecule has 82 valence electrons. The molecule has 0 saturated heterocycles. The van der Waals surface area contributed by atoms with Crippen LogP contribution >= 0.6 is 15.9 Å². The number of halogens is 2. The molecule has 2 rings (SSSR count). The van der Waals surface area contributed by atoms with Crippen LogP contribution < -0.4 is 5.32 Å². The van der Waals surface area contributed by atoms with Gasteiger partial charge in [-0.25, -0.2) is 4.39 Å². The molecule has 1 saturated carbocycles. The summed E-state index contributed by atoms with van der Waals surface area (Å²) in [6, 6.07) is 5.18. The zero-order valence-corrected chi connectivity index (χ0v) is 10.4. The fourth-order valence-corrected chi connectivity index (χ4v) is 2.46. The minimum absolute atomic E-state index is 0.0828. The van der Waals surface area contributed by atoms with Gasteiger partial charge in [-0.05, 0) is 55.5 Å². The number of hydrogen-bond donors (Lipinski definition) is 1. The quantitative estimate of drug-likeness (QED) is 0.888. The highest BCUT2D eigenvalue weighted by atomic mass is 79.9. The summed E-state index contributed by atoms with van der Waals surface area (Å²) in [5.74, 6) is -0.0828. The first-order valence-corrected chi connectivity index (χ1v) is 6.03. The third-order valence-electron chi connectivity index (χ3n) is 3.08. The lowest BCUT2D eigenvalue weighted by Crippen LogP contribution is -2.22. The maximum atomic E-state index is 13.5. The first kappa shape index (κ1) is 11.1. The molecule has 3 heteroatoms. The van der Waals surface area contributed by atoms with Gasteiger partial charge in [0, 0.05) is 11.0 Å². The van der Waals surface area contributed by atoms with E-state index in [-0.39, 0.29) is 5.82 Å². The van der Waals surface area contributed by atoms with Crippen LogP contribution in [0.1, 0.15) is 18.4 Å². The van der Waals surface area contributed by atoms with Crippen molar-refractivity contribution in [3.05, 3.63) is 34.1 Å². The maximum absolute atomic E-state index is 13.5. The largest absolute Gasteiger partial charge is 0.319 e. The smallest absolute Gasteiger partial charge is 0.126 e. The molecule has 1 aliphatic carbocycles. The molecule has 1 aromatic rings. The normalized spacial score (nSPS) is 17.8. The molecule has 0 aromatic heterocycles. The maximum Gasteiger partial charge on any atom is 0.126 e. The summed E-state index contributed by atoms with van der Waals surface area (Å²) in [4.78, 5) is 0. The minimum atomic E-state index is -0.0828. The van der Waals surface area contributed by atoms with Crippen LogP contribution in [-0.4, -0.2) is 13.6 Å². The van der Waals surface area contributed by atoms with E-state index in [4.69, 9.17) is 0 Å². The highest BCUT2D eigenvalue weighted by Crippen LogP contribution is 2.48. The molecule has 1 nitrogen and oxygen atoms in total. The number of hydrogen-bond acceptors (Lipinski definition) is 1. The van der Waals surface area contributed by atoms with Crippen molar-refractivity contribution in [2.24, 2.45) is 5.41 Å². The molecule has 0 aliphatic heterocycles. The molecular formula is C12H15BrFN. The second-order valence-electron chi connectivity index (χ2n) is 4.44. The van der Waals surface area contributed by atoms with Crippen molar-refractivity contribution in [1.82, 2.24) is 5.32 Å². The molecule has 1 aromatic carbocycles. The van der Waals surface area contributed by atoms with Crippen LogP contribution in [0.25, 0.3) is 0 Å². The Hall–Kier alpha value is -0.410. The van der Waals surface area contributed by atoms with Gasteiger partial charge in [0.2, 0.25) is 0 Å². The third-order valence-corrected chi connectivity index (χ3v) is 3.58. The monoisotopic (exact) mass is 271 g/mol. The SMILES string of the molecule is CNCC1(Cc2cc(Br)ccc2F)CC1. The van der Waals surface area contributed by atoms with Crippen LogP contribution in [0.4, 0.5) is 4.39 Å². The lowest BCUT2D eigenvalue weighted by Gasteiger charge is -2.15. The van der Waals surface area contributed by atoms with Gasteiger partial charge in [-0.15, -0.1) is 0 Å². The van der Waals surface area contributed by atoms with E-state index >= 15 is 0 Å². The van der Waals surface area contributed by atoms with E-state index in [1.807, 2.05) is 13.1 Å². The molecule has 0 unspecified atom stereocenters. The van der Waals surface area contributed by atoms with Gasteiger partial charge in [0.15, 0.2) is 0 Å². The van der Waals surface area contributed by atoms with E-state index in [2.05, 4.69) is 21.2 Å². The van der Waals surface area contributed by atoms with Crippen LogP contribution in [-0.2, 0) is 6.42 Å². The van der Waals surface area contributed by atoms with Gasteiger partial charge in [-0.2, -0.15) is 0 Å². The molecule has 0 spiro atoms. The van der Waals surface area contributed by atoms with Crippen molar-refractivity contribution in [3.63, 3.8) is 0 Å². The van der Waals surface area contributed by atoms with Crippen molar-refractivity contribution >= 4 is 15.9 Å². The lowest BCUT2D eigenvalue weighted by atomic mass is 9.96. The second kappa shape index (κ2) is 4.22. The highest BCUT2D eigenvalue weighted by Gasteiger charge is 2.42. The van der Waals surface area contributed by atoms with Crippen LogP contribution in [0.2, 0.25) is 0 Å². The van der Waals surface area contributed by atoms with Gasteiger partial charge in [0.05, 0.1) is 0 Å². The van der Waals surface area contributed by atoms with Crippen molar-refractivity contribution < 1.29 is 4.39 Å². The Bertz CT molecular complexity index is 361. The Morgan fingerprint density at radius 1 is 1.47 bits per heavy atom. The first-order chi connectivity index (χ1) is 7.15. The lowest BCUT2D eigenvalue weighted by molar-refractivity contribution is 0.465. The van der Waals surface area contributed by atoms with E-state index in [1.54, 1.807) is 6.07 Å². The molecule has 1 fully saturated rings. The summed E-state index contributed by atoms with van der Waals surface area (Å²) in [5, 5.41) is 3.19. The minimum Gasteiger partial charge on any atom is -0.319 e. The average Bonchev–Trinajstić information content (AvgIpc) is 2.92. The van der Waals surface area contributed by atoms with Gasteiger partial charge in [-0.1, -0.05) is 15.9 Å². The summed E-state index contributed by atoms with van der Waals surface area (Å²) < 4.78 is 14.5. The van der Waals surface area contributed by atoms with E-state index in [9.17, 15) is 4.39 Å². The Labute approximate surface area is 98.2 Å². The molecule has 1 N–H and O–H groups in total. The van der Waals surface area contributed by atoms with E-state index in [1.165, 1.54) is 18.9 Å². The molecule has 0 amide bonds. The van der Waals surface area contributed by atoms with E-state index in [0.717, 1.165) is 23.0 Å². The fraction of sp³-hybridized carbons (Fsp3) is 0.500.